The minimum atomic E-state index is 0.119. The van der Waals surface area contributed by atoms with Crippen LogP contribution < -0.4 is 0 Å². The lowest BCUT2D eigenvalue weighted by Gasteiger charge is -2.06. The molecular weight excluding hydrogens is 296 g/mol. The maximum absolute atomic E-state index is 12.5. The van der Waals surface area contributed by atoms with Crippen LogP contribution in [0.2, 0.25) is 0 Å². The van der Waals surface area contributed by atoms with Crippen molar-refractivity contribution in [1.82, 2.24) is 0 Å². The van der Waals surface area contributed by atoms with Gasteiger partial charge in [0.25, 0.3) is 0 Å². The molecule has 0 aliphatic carbocycles. The second-order valence-corrected chi connectivity index (χ2v) is 5.76. The molecule has 1 nitrogen and oxygen atoms in total. The molecule has 0 fully saturated rings. The summed E-state index contributed by atoms with van der Waals surface area (Å²) in [5.74, 6) is 0.963. The number of hydrogen-bond donors (Lipinski definition) is 0. The van der Waals surface area contributed by atoms with Crippen molar-refractivity contribution in [1.29, 1.82) is 0 Å². The third-order valence-corrected chi connectivity index (χ3v) is 4.63. The van der Waals surface area contributed by atoms with Crippen LogP contribution in [0.4, 0.5) is 0 Å². The lowest BCUT2D eigenvalue weighted by Crippen LogP contribution is -2.04. The van der Waals surface area contributed by atoms with E-state index in [0.29, 0.717) is 0 Å². The van der Waals surface area contributed by atoms with Gasteiger partial charge in [-0.25, -0.2) is 0 Å². The van der Waals surface area contributed by atoms with Crippen LogP contribution in [-0.4, -0.2) is 5.78 Å². The van der Waals surface area contributed by atoms with Crippen LogP contribution in [0.3, 0.4) is 0 Å². The minimum Gasteiger partial charge on any atom is -0.289 e. The van der Waals surface area contributed by atoms with Gasteiger partial charge < -0.3 is 0 Å². The van der Waals surface area contributed by atoms with E-state index in [-0.39, 0.29) is 5.78 Å². The van der Waals surface area contributed by atoms with Gasteiger partial charge in [-0.3, -0.25) is 4.79 Å². The number of halogens is 1. The van der Waals surface area contributed by atoms with Crippen molar-refractivity contribution in [3.05, 3.63) is 63.6 Å². The predicted molar refractivity (Wildman–Crippen MR) is 73.6 cm³/mol. The highest BCUT2D eigenvalue weighted by Crippen LogP contribution is 2.36. The summed E-state index contributed by atoms with van der Waals surface area (Å²) < 4.78 is 0.886. The SMILES string of the molecule is O=C1c2ccccc2SCc2cccc(Br)c21. The fourth-order valence-electron chi connectivity index (χ4n) is 2.01. The first kappa shape index (κ1) is 11.1. The molecule has 0 amide bonds. The Hall–Kier alpha value is -1.06. The van der Waals surface area contributed by atoms with Crippen LogP contribution in [0.25, 0.3) is 0 Å². The first-order valence-electron chi connectivity index (χ1n) is 5.31. The summed E-state index contributed by atoms with van der Waals surface area (Å²) in [7, 11) is 0. The number of fused-ring (bicyclic) bond motifs is 2. The summed E-state index contributed by atoms with van der Waals surface area (Å²) in [6.07, 6.45) is 0. The molecule has 0 unspecified atom stereocenters. The highest BCUT2D eigenvalue weighted by molar-refractivity contribution is 9.10. The van der Waals surface area contributed by atoms with Crippen molar-refractivity contribution >= 4 is 33.5 Å². The van der Waals surface area contributed by atoms with E-state index in [0.717, 1.165) is 31.8 Å². The Kier molecular flexibility index (Phi) is 2.81. The van der Waals surface area contributed by atoms with Gasteiger partial charge in [-0.05, 0) is 23.8 Å². The van der Waals surface area contributed by atoms with Crippen LogP contribution in [-0.2, 0) is 5.75 Å². The molecule has 0 atom stereocenters. The second-order valence-electron chi connectivity index (χ2n) is 3.89. The van der Waals surface area contributed by atoms with E-state index >= 15 is 0 Å². The topological polar surface area (TPSA) is 17.1 Å². The normalized spacial score (nSPS) is 13.8. The Morgan fingerprint density at radius 3 is 2.76 bits per heavy atom. The van der Waals surface area contributed by atoms with E-state index in [1.54, 1.807) is 11.8 Å². The number of carbonyl (C=O) groups is 1. The first-order chi connectivity index (χ1) is 8.27. The number of ketones is 1. The van der Waals surface area contributed by atoms with E-state index in [1.165, 1.54) is 0 Å². The molecule has 0 saturated carbocycles. The zero-order chi connectivity index (χ0) is 11.8. The first-order valence-corrected chi connectivity index (χ1v) is 7.09. The van der Waals surface area contributed by atoms with Gasteiger partial charge in [-0.15, -0.1) is 11.8 Å². The van der Waals surface area contributed by atoms with Crippen LogP contribution >= 0.6 is 27.7 Å². The van der Waals surface area contributed by atoms with Crippen LogP contribution in [0, 0.1) is 0 Å². The van der Waals surface area contributed by atoms with Crippen molar-refractivity contribution in [2.24, 2.45) is 0 Å². The Balaban J connectivity index is 2.26. The largest absolute Gasteiger partial charge is 0.289 e. The van der Waals surface area contributed by atoms with Gasteiger partial charge in [-0.1, -0.05) is 40.2 Å². The van der Waals surface area contributed by atoms with Gasteiger partial charge in [0.1, 0.15) is 0 Å². The molecule has 0 bridgehead atoms. The second kappa shape index (κ2) is 4.31. The maximum Gasteiger partial charge on any atom is 0.195 e. The Morgan fingerprint density at radius 1 is 1.06 bits per heavy atom. The summed E-state index contributed by atoms with van der Waals surface area (Å²) in [5, 5.41) is 0. The molecule has 0 spiro atoms. The third kappa shape index (κ3) is 1.83. The van der Waals surface area contributed by atoms with E-state index in [9.17, 15) is 4.79 Å². The van der Waals surface area contributed by atoms with Gasteiger partial charge in [-0.2, -0.15) is 0 Å². The summed E-state index contributed by atoms with van der Waals surface area (Å²) in [5.41, 5.74) is 2.72. The molecular formula is C14H9BrOS. The minimum absolute atomic E-state index is 0.119. The molecule has 0 radical (unpaired) electrons. The molecule has 3 rings (SSSR count). The summed E-state index contributed by atoms with van der Waals surface area (Å²) in [6, 6.07) is 13.7. The monoisotopic (exact) mass is 304 g/mol. The smallest absolute Gasteiger partial charge is 0.195 e. The van der Waals surface area contributed by atoms with Crippen LogP contribution in [0.5, 0.6) is 0 Å². The Morgan fingerprint density at radius 2 is 1.88 bits per heavy atom. The molecule has 1 aliphatic heterocycles. The van der Waals surface area contributed by atoms with E-state index in [4.69, 9.17) is 0 Å². The van der Waals surface area contributed by atoms with E-state index in [1.807, 2.05) is 42.5 Å². The average molecular weight is 305 g/mol. The summed E-state index contributed by atoms with van der Waals surface area (Å²) in [6.45, 7) is 0. The quantitative estimate of drug-likeness (QED) is 0.722. The number of carbonyl (C=O) groups excluding carboxylic acids is 1. The van der Waals surface area contributed by atoms with Crippen molar-refractivity contribution in [2.75, 3.05) is 0 Å². The molecule has 0 N–H and O–H groups in total. The Bertz CT molecular complexity index is 607. The zero-order valence-electron chi connectivity index (χ0n) is 8.94. The van der Waals surface area contributed by atoms with Crippen LogP contribution in [0.1, 0.15) is 21.5 Å². The van der Waals surface area contributed by atoms with Crippen molar-refractivity contribution in [3.8, 4) is 0 Å². The number of hydrogen-bond acceptors (Lipinski definition) is 2. The van der Waals surface area contributed by atoms with Crippen LogP contribution in [0.15, 0.2) is 51.8 Å². The Labute approximate surface area is 112 Å². The molecule has 2 aromatic rings. The number of benzene rings is 2. The average Bonchev–Trinajstić information content (AvgIpc) is 2.49. The maximum atomic E-state index is 12.5. The van der Waals surface area contributed by atoms with Crippen molar-refractivity contribution < 1.29 is 4.79 Å². The lowest BCUT2D eigenvalue weighted by atomic mass is 9.99. The fourth-order valence-corrected chi connectivity index (χ4v) is 3.64. The lowest BCUT2D eigenvalue weighted by molar-refractivity contribution is 0.103. The molecule has 0 aromatic heterocycles. The molecule has 3 heteroatoms. The van der Waals surface area contributed by atoms with Gasteiger partial charge >= 0.3 is 0 Å². The van der Waals surface area contributed by atoms with Crippen molar-refractivity contribution in [2.45, 2.75) is 10.6 Å². The predicted octanol–water partition coefficient (Wildman–Crippen LogP) is 4.29. The summed E-state index contributed by atoms with van der Waals surface area (Å²) in [4.78, 5) is 13.6. The van der Waals surface area contributed by atoms with E-state index in [2.05, 4.69) is 15.9 Å². The highest BCUT2D eigenvalue weighted by atomic mass is 79.9. The molecule has 84 valence electrons. The molecule has 1 aliphatic rings. The summed E-state index contributed by atoms with van der Waals surface area (Å²) >= 11 is 5.20. The highest BCUT2D eigenvalue weighted by Gasteiger charge is 2.22. The molecule has 2 aromatic carbocycles. The van der Waals surface area contributed by atoms with Gasteiger partial charge in [0.2, 0.25) is 0 Å². The van der Waals surface area contributed by atoms with E-state index < -0.39 is 0 Å². The molecule has 0 saturated heterocycles. The third-order valence-electron chi connectivity index (χ3n) is 2.84. The number of thioether (sulfide) groups is 1. The standard InChI is InChI=1S/C14H9BrOS/c15-11-6-3-4-9-8-17-12-7-2-1-5-10(12)14(16)13(9)11/h1-7H,8H2. The zero-order valence-corrected chi connectivity index (χ0v) is 11.3. The number of rotatable bonds is 0. The van der Waals surface area contributed by atoms with Gasteiger partial charge in [0, 0.05) is 26.2 Å². The molecule has 17 heavy (non-hydrogen) atoms. The fraction of sp³-hybridized carbons (Fsp3) is 0.0714. The van der Waals surface area contributed by atoms with Gasteiger partial charge in [0.05, 0.1) is 0 Å². The van der Waals surface area contributed by atoms with Gasteiger partial charge in [0.15, 0.2) is 5.78 Å². The molecule has 1 heterocycles. The van der Waals surface area contributed by atoms with Crippen molar-refractivity contribution in [3.63, 3.8) is 0 Å².